The molecule has 1 aromatic carbocycles. The van der Waals surface area contributed by atoms with Gasteiger partial charge in [-0.15, -0.1) is 0 Å². The number of alkyl halides is 2. The molecule has 0 aliphatic carbocycles. The number of halogens is 2. The molecule has 0 spiro atoms. The summed E-state index contributed by atoms with van der Waals surface area (Å²) < 4.78 is 28.5. The number of carbonyl (C=O) groups is 1. The molecule has 1 atom stereocenters. The predicted molar refractivity (Wildman–Crippen MR) is 84.2 cm³/mol. The van der Waals surface area contributed by atoms with Crippen molar-refractivity contribution in [2.24, 2.45) is 0 Å². The van der Waals surface area contributed by atoms with E-state index in [2.05, 4.69) is 20.0 Å². The molecule has 0 unspecified atom stereocenters. The third-order valence-corrected chi connectivity index (χ3v) is 3.95. The Labute approximate surface area is 137 Å². The molecule has 0 bridgehead atoms. The highest BCUT2D eigenvalue weighted by Crippen LogP contribution is 2.25. The molecule has 1 aliphatic heterocycles. The van der Waals surface area contributed by atoms with E-state index in [0.717, 1.165) is 18.7 Å². The molecule has 1 saturated heterocycles. The van der Waals surface area contributed by atoms with Gasteiger partial charge >= 0.3 is 12.6 Å². The number of aromatic nitrogens is 2. The zero-order valence-electron chi connectivity index (χ0n) is 12.9. The molecule has 0 radical (unpaired) electrons. The molecule has 0 saturated carbocycles. The van der Waals surface area contributed by atoms with Crippen LogP contribution in [0, 0.1) is 0 Å². The summed E-state index contributed by atoms with van der Waals surface area (Å²) in [4.78, 5) is 21.5. The van der Waals surface area contributed by atoms with Gasteiger partial charge in [-0.3, -0.25) is 0 Å². The number of anilines is 1. The first-order valence-electron chi connectivity index (χ1n) is 7.72. The number of likely N-dealkylation sites (tertiary alicyclic amines) is 1. The molecule has 1 fully saturated rings. The molecule has 8 heteroatoms. The van der Waals surface area contributed by atoms with Crippen LogP contribution in [0.25, 0.3) is 0 Å². The number of hydrogen-bond donors (Lipinski definition) is 2. The molecule has 128 valence electrons. The summed E-state index contributed by atoms with van der Waals surface area (Å²) in [7, 11) is 0. The van der Waals surface area contributed by atoms with E-state index in [9.17, 15) is 13.6 Å². The van der Waals surface area contributed by atoms with Crippen molar-refractivity contribution in [3.8, 4) is 5.75 Å². The number of piperidine rings is 1. The van der Waals surface area contributed by atoms with Gasteiger partial charge in [-0.1, -0.05) is 0 Å². The number of carbonyl (C=O) groups excluding carboxylic acids is 1. The molecular formula is C16H18F2N4O2. The summed E-state index contributed by atoms with van der Waals surface area (Å²) in [5.41, 5.74) is 0.529. The van der Waals surface area contributed by atoms with E-state index in [1.54, 1.807) is 17.3 Å². The lowest BCUT2D eigenvalue weighted by molar-refractivity contribution is -0.0498. The molecule has 1 aromatic heterocycles. The third-order valence-electron chi connectivity index (χ3n) is 3.95. The SMILES string of the molecule is O=C(Nc1ccc(OC(F)F)cc1)N1CCC[C@H](c2ncc[nH]2)C1. The van der Waals surface area contributed by atoms with Gasteiger partial charge in [-0.2, -0.15) is 8.78 Å². The fraction of sp³-hybridized carbons (Fsp3) is 0.375. The summed E-state index contributed by atoms with van der Waals surface area (Å²) in [5, 5.41) is 2.77. The number of H-pyrrole nitrogens is 1. The first-order chi connectivity index (χ1) is 11.6. The zero-order valence-corrected chi connectivity index (χ0v) is 12.9. The lowest BCUT2D eigenvalue weighted by Crippen LogP contribution is -2.41. The van der Waals surface area contributed by atoms with Crippen LogP contribution in [0.3, 0.4) is 0 Å². The monoisotopic (exact) mass is 336 g/mol. The highest BCUT2D eigenvalue weighted by molar-refractivity contribution is 5.89. The van der Waals surface area contributed by atoms with Gasteiger partial charge in [0.15, 0.2) is 0 Å². The number of imidazole rings is 1. The van der Waals surface area contributed by atoms with Crippen LogP contribution in [0.15, 0.2) is 36.7 Å². The van der Waals surface area contributed by atoms with Gasteiger partial charge in [0, 0.05) is 37.1 Å². The number of benzene rings is 1. The number of amides is 2. The van der Waals surface area contributed by atoms with Crippen molar-refractivity contribution >= 4 is 11.7 Å². The Balaban J connectivity index is 1.58. The number of ether oxygens (including phenoxy) is 1. The summed E-state index contributed by atoms with van der Waals surface area (Å²) in [5.74, 6) is 1.14. The van der Waals surface area contributed by atoms with Crippen molar-refractivity contribution in [2.75, 3.05) is 18.4 Å². The first kappa shape index (κ1) is 16.2. The van der Waals surface area contributed by atoms with E-state index in [1.807, 2.05) is 0 Å². The zero-order chi connectivity index (χ0) is 16.9. The topological polar surface area (TPSA) is 70.2 Å². The quantitative estimate of drug-likeness (QED) is 0.899. The van der Waals surface area contributed by atoms with E-state index in [0.29, 0.717) is 18.8 Å². The Morgan fingerprint density at radius 2 is 2.17 bits per heavy atom. The van der Waals surface area contributed by atoms with Crippen LogP contribution in [0.1, 0.15) is 24.6 Å². The molecular weight excluding hydrogens is 318 g/mol. The van der Waals surface area contributed by atoms with Crippen LogP contribution in [0.2, 0.25) is 0 Å². The Morgan fingerprint density at radius 1 is 1.38 bits per heavy atom. The van der Waals surface area contributed by atoms with Crippen LogP contribution in [0.4, 0.5) is 19.3 Å². The van der Waals surface area contributed by atoms with Crippen LogP contribution < -0.4 is 10.1 Å². The number of nitrogens with zero attached hydrogens (tertiary/aromatic N) is 2. The second kappa shape index (κ2) is 7.29. The van der Waals surface area contributed by atoms with E-state index in [1.165, 1.54) is 24.3 Å². The van der Waals surface area contributed by atoms with E-state index < -0.39 is 6.61 Å². The smallest absolute Gasteiger partial charge is 0.387 e. The normalized spacial score (nSPS) is 17.8. The minimum atomic E-state index is -2.86. The molecule has 1 aliphatic rings. The van der Waals surface area contributed by atoms with Crippen LogP contribution in [0.5, 0.6) is 5.75 Å². The Kier molecular flexibility index (Phi) is 4.93. The van der Waals surface area contributed by atoms with Gasteiger partial charge in [0.05, 0.1) is 0 Å². The molecule has 2 N–H and O–H groups in total. The second-order valence-electron chi connectivity index (χ2n) is 5.59. The number of hydrogen-bond acceptors (Lipinski definition) is 3. The molecule has 24 heavy (non-hydrogen) atoms. The Bertz CT molecular complexity index is 661. The Morgan fingerprint density at radius 3 is 2.83 bits per heavy atom. The van der Waals surface area contributed by atoms with Gasteiger partial charge in [-0.05, 0) is 37.1 Å². The maximum Gasteiger partial charge on any atom is 0.387 e. The summed E-state index contributed by atoms with van der Waals surface area (Å²) in [6.45, 7) is -1.60. The highest BCUT2D eigenvalue weighted by atomic mass is 19.3. The van der Waals surface area contributed by atoms with Crippen LogP contribution in [-0.4, -0.2) is 40.6 Å². The van der Waals surface area contributed by atoms with E-state index in [4.69, 9.17) is 0 Å². The first-order valence-corrected chi connectivity index (χ1v) is 7.72. The largest absolute Gasteiger partial charge is 0.435 e. The number of nitrogens with one attached hydrogen (secondary N) is 2. The van der Waals surface area contributed by atoms with Crippen molar-refractivity contribution in [1.29, 1.82) is 0 Å². The minimum absolute atomic E-state index is 0.0545. The fourth-order valence-corrected chi connectivity index (χ4v) is 2.81. The minimum Gasteiger partial charge on any atom is -0.435 e. The van der Waals surface area contributed by atoms with E-state index >= 15 is 0 Å². The van der Waals surface area contributed by atoms with Gasteiger partial charge in [0.2, 0.25) is 0 Å². The van der Waals surface area contributed by atoms with Crippen molar-refractivity contribution in [1.82, 2.24) is 14.9 Å². The number of urea groups is 1. The molecule has 2 heterocycles. The second-order valence-corrected chi connectivity index (χ2v) is 5.59. The van der Waals surface area contributed by atoms with Crippen LogP contribution >= 0.6 is 0 Å². The summed E-state index contributed by atoms with van der Waals surface area (Å²) in [6.07, 6.45) is 5.37. The Hall–Kier alpha value is -2.64. The van der Waals surface area contributed by atoms with E-state index in [-0.39, 0.29) is 17.7 Å². The lowest BCUT2D eigenvalue weighted by atomic mass is 9.98. The average molecular weight is 336 g/mol. The molecule has 6 nitrogen and oxygen atoms in total. The standard InChI is InChI=1S/C16H18F2N4O2/c17-15(18)24-13-5-3-12(4-6-13)21-16(23)22-9-1-2-11(10-22)14-19-7-8-20-14/h3-8,11,15H,1-2,9-10H2,(H,19,20)(H,21,23)/t11-/m0/s1. The summed E-state index contributed by atoms with van der Waals surface area (Å²) >= 11 is 0. The molecule has 2 aromatic rings. The van der Waals surface area contributed by atoms with Gasteiger partial charge in [-0.25, -0.2) is 9.78 Å². The van der Waals surface area contributed by atoms with Crippen molar-refractivity contribution in [3.63, 3.8) is 0 Å². The maximum atomic E-state index is 12.4. The average Bonchev–Trinajstić information content (AvgIpc) is 3.11. The van der Waals surface area contributed by atoms with Crippen molar-refractivity contribution in [3.05, 3.63) is 42.5 Å². The van der Waals surface area contributed by atoms with Crippen molar-refractivity contribution < 1.29 is 18.3 Å². The van der Waals surface area contributed by atoms with Crippen LogP contribution in [-0.2, 0) is 0 Å². The molecule has 2 amide bonds. The van der Waals surface area contributed by atoms with Gasteiger partial charge in [0.25, 0.3) is 0 Å². The number of aromatic amines is 1. The lowest BCUT2D eigenvalue weighted by Gasteiger charge is -2.31. The highest BCUT2D eigenvalue weighted by Gasteiger charge is 2.26. The maximum absolute atomic E-state index is 12.4. The molecule has 3 rings (SSSR count). The van der Waals surface area contributed by atoms with Gasteiger partial charge in [0.1, 0.15) is 11.6 Å². The number of rotatable bonds is 4. The predicted octanol–water partition coefficient (Wildman–Crippen LogP) is 3.42. The third kappa shape index (κ3) is 4.01. The van der Waals surface area contributed by atoms with Crippen molar-refractivity contribution in [2.45, 2.75) is 25.4 Å². The van der Waals surface area contributed by atoms with Gasteiger partial charge < -0.3 is 19.9 Å². The fourth-order valence-electron chi connectivity index (χ4n) is 2.81. The summed E-state index contributed by atoms with van der Waals surface area (Å²) in [6, 6.07) is 5.63.